The van der Waals surface area contributed by atoms with E-state index in [0.29, 0.717) is 18.4 Å². The van der Waals surface area contributed by atoms with Gasteiger partial charge in [-0.15, -0.1) is 0 Å². The van der Waals surface area contributed by atoms with Crippen LogP contribution in [0.5, 0.6) is 5.75 Å². The minimum Gasteiger partial charge on any atom is -0.491 e. The molecule has 7 nitrogen and oxygen atoms in total. The predicted molar refractivity (Wildman–Crippen MR) is 138 cm³/mol. The molecule has 190 valence electrons. The molecule has 2 fully saturated rings. The Morgan fingerprint density at radius 3 is 2.60 bits per heavy atom. The number of rotatable bonds is 10. The van der Waals surface area contributed by atoms with E-state index in [4.69, 9.17) is 9.84 Å². The molecule has 2 aromatic rings. The summed E-state index contributed by atoms with van der Waals surface area (Å²) in [6, 6.07) is 9.80. The first-order valence-corrected chi connectivity index (χ1v) is 13.6. The summed E-state index contributed by atoms with van der Waals surface area (Å²) < 4.78 is 19.6. The van der Waals surface area contributed by atoms with Crippen LogP contribution in [0.1, 0.15) is 54.4 Å². The lowest BCUT2D eigenvalue weighted by Gasteiger charge is -2.30. The summed E-state index contributed by atoms with van der Waals surface area (Å²) in [5.41, 5.74) is 1.34. The number of benzene rings is 1. The number of carbonyl (C=O) groups is 1. The van der Waals surface area contributed by atoms with E-state index in [2.05, 4.69) is 20.9 Å². The molecule has 1 saturated carbocycles. The van der Waals surface area contributed by atoms with E-state index in [1.54, 1.807) is 0 Å². The van der Waals surface area contributed by atoms with Crippen molar-refractivity contribution >= 4 is 23.5 Å². The number of anilines is 1. The van der Waals surface area contributed by atoms with Crippen LogP contribution in [0.2, 0.25) is 0 Å². The molecule has 4 N–H and O–H groups in total. The number of aromatic nitrogens is 1. The number of amides is 1. The van der Waals surface area contributed by atoms with Gasteiger partial charge in [-0.25, -0.2) is 9.37 Å². The van der Waals surface area contributed by atoms with E-state index in [-0.39, 0.29) is 36.8 Å². The summed E-state index contributed by atoms with van der Waals surface area (Å²) in [5, 5.41) is 19.1. The molecule has 0 unspecified atom stereocenters. The number of aliphatic hydroxyl groups excluding tert-OH is 1. The van der Waals surface area contributed by atoms with E-state index < -0.39 is 5.82 Å². The van der Waals surface area contributed by atoms with Crippen molar-refractivity contribution in [3.63, 3.8) is 0 Å². The molecule has 0 bridgehead atoms. The van der Waals surface area contributed by atoms with E-state index in [0.717, 1.165) is 61.3 Å². The van der Waals surface area contributed by atoms with E-state index in [1.807, 2.05) is 36.0 Å². The Bertz CT molecular complexity index is 965. The van der Waals surface area contributed by atoms with Crippen molar-refractivity contribution in [2.24, 2.45) is 0 Å². The van der Waals surface area contributed by atoms with E-state index in [9.17, 15) is 9.18 Å². The first-order valence-electron chi connectivity index (χ1n) is 12.5. The number of aliphatic hydroxyl groups is 1. The quantitative estimate of drug-likeness (QED) is 0.393. The summed E-state index contributed by atoms with van der Waals surface area (Å²) in [6.45, 7) is 0.951. The second kappa shape index (κ2) is 13.1. The SMILES string of the molecule is O=C(NC1CCC(NCc2ccccc2OCCO)CC1)c1cc(F)cnc1NC1CCSCC1. The maximum Gasteiger partial charge on any atom is 0.255 e. The molecule has 9 heteroatoms. The summed E-state index contributed by atoms with van der Waals surface area (Å²) >= 11 is 1.93. The molecule has 35 heavy (non-hydrogen) atoms. The topological polar surface area (TPSA) is 95.5 Å². The van der Waals surface area contributed by atoms with Gasteiger partial charge in [0.15, 0.2) is 0 Å². The van der Waals surface area contributed by atoms with Gasteiger partial charge >= 0.3 is 0 Å². The monoisotopic (exact) mass is 502 g/mol. The third kappa shape index (κ3) is 7.56. The van der Waals surface area contributed by atoms with Gasteiger partial charge in [0.2, 0.25) is 0 Å². The summed E-state index contributed by atoms with van der Waals surface area (Å²) in [4.78, 5) is 17.2. The van der Waals surface area contributed by atoms with E-state index >= 15 is 0 Å². The molecule has 2 aliphatic rings. The number of para-hydroxylation sites is 1. The minimum absolute atomic E-state index is 0.0134. The van der Waals surface area contributed by atoms with Crippen LogP contribution in [-0.2, 0) is 6.54 Å². The molecule has 0 spiro atoms. The largest absolute Gasteiger partial charge is 0.491 e. The molecule has 4 rings (SSSR count). The number of ether oxygens (including phenoxy) is 1. The number of thioether (sulfide) groups is 1. The molecule has 1 aromatic carbocycles. The lowest BCUT2D eigenvalue weighted by atomic mass is 9.90. The number of hydrogen-bond donors (Lipinski definition) is 4. The van der Waals surface area contributed by atoms with Gasteiger partial charge < -0.3 is 25.8 Å². The Hall–Kier alpha value is -2.36. The summed E-state index contributed by atoms with van der Waals surface area (Å²) in [6.07, 6.45) is 6.79. The first kappa shape index (κ1) is 25.7. The highest BCUT2D eigenvalue weighted by molar-refractivity contribution is 7.99. The Kier molecular flexibility index (Phi) is 9.62. The Morgan fingerprint density at radius 1 is 1.09 bits per heavy atom. The van der Waals surface area contributed by atoms with Crippen molar-refractivity contribution in [2.45, 2.75) is 63.2 Å². The second-order valence-corrected chi connectivity index (χ2v) is 10.4. The molecular formula is C26H35FN4O3S. The number of halogens is 1. The van der Waals surface area contributed by atoms with Gasteiger partial charge in [0.25, 0.3) is 5.91 Å². The van der Waals surface area contributed by atoms with Crippen molar-refractivity contribution in [2.75, 3.05) is 30.0 Å². The average Bonchev–Trinajstić information content (AvgIpc) is 2.89. The first-order chi connectivity index (χ1) is 17.1. The van der Waals surface area contributed by atoms with Crippen LogP contribution < -0.4 is 20.7 Å². The van der Waals surface area contributed by atoms with Crippen LogP contribution in [0.15, 0.2) is 36.5 Å². The van der Waals surface area contributed by atoms with Gasteiger partial charge in [-0.2, -0.15) is 11.8 Å². The molecule has 1 aliphatic heterocycles. The smallest absolute Gasteiger partial charge is 0.255 e. The average molecular weight is 503 g/mol. The van der Waals surface area contributed by atoms with Gasteiger partial charge in [0.1, 0.15) is 24.0 Å². The number of nitrogens with one attached hydrogen (secondary N) is 3. The zero-order valence-electron chi connectivity index (χ0n) is 20.0. The van der Waals surface area contributed by atoms with Gasteiger partial charge in [0, 0.05) is 30.2 Å². The molecular weight excluding hydrogens is 467 g/mol. The molecule has 1 aromatic heterocycles. The predicted octanol–water partition coefficient (Wildman–Crippen LogP) is 3.73. The fourth-order valence-electron chi connectivity index (χ4n) is 4.67. The van der Waals surface area contributed by atoms with Gasteiger partial charge in [0.05, 0.1) is 18.4 Å². The lowest BCUT2D eigenvalue weighted by molar-refractivity contribution is 0.0924. The normalized spacial score (nSPS) is 20.9. The third-order valence-electron chi connectivity index (χ3n) is 6.63. The highest BCUT2D eigenvalue weighted by atomic mass is 32.2. The fourth-order valence-corrected chi connectivity index (χ4v) is 5.77. The highest BCUT2D eigenvalue weighted by Gasteiger charge is 2.25. The van der Waals surface area contributed by atoms with Crippen molar-refractivity contribution < 1.29 is 19.0 Å². The van der Waals surface area contributed by atoms with Gasteiger partial charge in [-0.1, -0.05) is 18.2 Å². The minimum atomic E-state index is -0.504. The molecule has 1 aliphatic carbocycles. The highest BCUT2D eigenvalue weighted by Crippen LogP contribution is 2.25. The Morgan fingerprint density at radius 2 is 1.83 bits per heavy atom. The van der Waals surface area contributed by atoms with Crippen LogP contribution in [0.25, 0.3) is 0 Å². The second-order valence-electron chi connectivity index (χ2n) is 9.16. The summed E-state index contributed by atoms with van der Waals surface area (Å²) in [7, 11) is 0. The number of nitrogens with zero attached hydrogens (tertiary/aromatic N) is 1. The molecule has 0 atom stereocenters. The van der Waals surface area contributed by atoms with Crippen LogP contribution in [0.4, 0.5) is 10.2 Å². The van der Waals surface area contributed by atoms with Crippen molar-refractivity contribution in [1.29, 1.82) is 0 Å². The molecule has 1 saturated heterocycles. The molecule has 2 heterocycles. The van der Waals surface area contributed by atoms with Crippen LogP contribution in [-0.4, -0.2) is 58.8 Å². The van der Waals surface area contributed by atoms with Crippen LogP contribution >= 0.6 is 11.8 Å². The number of pyridine rings is 1. The molecule has 1 amide bonds. The maximum absolute atomic E-state index is 13.9. The van der Waals surface area contributed by atoms with Gasteiger partial charge in [-0.05, 0) is 62.2 Å². The number of hydrogen-bond acceptors (Lipinski definition) is 7. The van der Waals surface area contributed by atoms with Crippen molar-refractivity contribution in [1.82, 2.24) is 15.6 Å². The fraction of sp³-hybridized carbons (Fsp3) is 0.538. The standard InChI is InChI=1S/C26H35FN4O3S/c27-19-15-23(25(29-17-19)30-22-9-13-35-14-10-22)26(33)31-21-7-5-20(6-8-21)28-16-18-3-1-2-4-24(18)34-12-11-32/h1-4,15,17,20-22,28,32H,5-14,16H2,(H,29,30)(H,31,33). The van der Waals surface area contributed by atoms with Crippen LogP contribution in [0, 0.1) is 5.82 Å². The van der Waals surface area contributed by atoms with Crippen molar-refractivity contribution in [3.05, 3.63) is 53.5 Å². The third-order valence-corrected chi connectivity index (χ3v) is 7.67. The van der Waals surface area contributed by atoms with Crippen molar-refractivity contribution in [3.8, 4) is 5.75 Å². The Balaban J connectivity index is 1.27. The lowest BCUT2D eigenvalue weighted by Crippen LogP contribution is -2.42. The van der Waals surface area contributed by atoms with E-state index in [1.165, 1.54) is 12.3 Å². The summed E-state index contributed by atoms with van der Waals surface area (Å²) in [5.74, 6) is 2.65. The zero-order chi connectivity index (χ0) is 24.5. The van der Waals surface area contributed by atoms with Gasteiger partial charge in [-0.3, -0.25) is 4.79 Å². The van der Waals surface area contributed by atoms with Crippen LogP contribution in [0.3, 0.4) is 0 Å². The Labute approximate surface area is 210 Å². The maximum atomic E-state index is 13.9. The number of carbonyl (C=O) groups excluding carboxylic acids is 1. The molecule has 0 radical (unpaired) electrons. The zero-order valence-corrected chi connectivity index (χ0v) is 20.8.